The van der Waals surface area contributed by atoms with Gasteiger partial charge in [-0.25, -0.2) is 8.78 Å². The number of para-hydroxylation sites is 1. The molecule has 0 unspecified atom stereocenters. The SMILES string of the molecule is O=C(c1ccc(F)cc1F)N1CCC2(CC1)CN(c1ccccc1)C(=O)CO2. The van der Waals surface area contributed by atoms with Crippen LogP contribution in [0.1, 0.15) is 23.2 Å². The second-order valence-electron chi connectivity index (χ2n) is 7.20. The molecule has 1 spiro atoms. The molecule has 0 bridgehead atoms. The van der Waals surface area contributed by atoms with Crippen molar-refractivity contribution in [3.8, 4) is 0 Å². The zero-order chi connectivity index (χ0) is 19.7. The number of morpholine rings is 1. The number of ether oxygens (including phenoxy) is 1. The molecule has 0 aliphatic carbocycles. The van der Waals surface area contributed by atoms with Crippen LogP contribution in [0.25, 0.3) is 0 Å². The summed E-state index contributed by atoms with van der Waals surface area (Å²) >= 11 is 0. The Morgan fingerprint density at radius 3 is 2.43 bits per heavy atom. The molecule has 2 aliphatic heterocycles. The lowest BCUT2D eigenvalue weighted by Crippen LogP contribution is -2.59. The number of anilines is 1. The standard InChI is InChI=1S/C21H20F2N2O3/c22-15-6-7-17(18(23)12-15)20(27)24-10-8-21(9-11-24)14-25(19(26)13-28-21)16-4-2-1-3-5-16/h1-7,12H,8-11,13-14H2. The van der Waals surface area contributed by atoms with Gasteiger partial charge in [-0.2, -0.15) is 0 Å². The first-order valence-electron chi connectivity index (χ1n) is 9.21. The van der Waals surface area contributed by atoms with Gasteiger partial charge in [0.25, 0.3) is 11.8 Å². The van der Waals surface area contributed by atoms with E-state index in [0.29, 0.717) is 38.5 Å². The smallest absolute Gasteiger partial charge is 0.256 e. The van der Waals surface area contributed by atoms with Gasteiger partial charge in [0.2, 0.25) is 0 Å². The lowest BCUT2D eigenvalue weighted by atomic mass is 9.88. The summed E-state index contributed by atoms with van der Waals surface area (Å²) in [6.07, 6.45) is 1.08. The molecular weight excluding hydrogens is 366 g/mol. The second kappa shape index (κ2) is 7.31. The predicted octanol–water partition coefficient (Wildman–Crippen LogP) is 3.00. The third-order valence-electron chi connectivity index (χ3n) is 5.44. The van der Waals surface area contributed by atoms with Crippen molar-refractivity contribution in [1.29, 1.82) is 0 Å². The van der Waals surface area contributed by atoms with Crippen molar-refractivity contribution >= 4 is 17.5 Å². The first-order valence-corrected chi connectivity index (χ1v) is 9.21. The Balaban J connectivity index is 1.45. The van der Waals surface area contributed by atoms with Crippen LogP contribution >= 0.6 is 0 Å². The number of amides is 2. The molecule has 146 valence electrons. The van der Waals surface area contributed by atoms with E-state index in [4.69, 9.17) is 4.74 Å². The van der Waals surface area contributed by atoms with Gasteiger partial charge in [0.15, 0.2) is 0 Å². The summed E-state index contributed by atoms with van der Waals surface area (Å²) in [7, 11) is 0. The van der Waals surface area contributed by atoms with E-state index in [9.17, 15) is 18.4 Å². The maximum Gasteiger partial charge on any atom is 0.256 e. The zero-order valence-corrected chi connectivity index (χ0v) is 15.2. The Morgan fingerprint density at radius 2 is 1.75 bits per heavy atom. The number of hydrogen-bond donors (Lipinski definition) is 0. The Labute approximate surface area is 161 Å². The minimum atomic E-state index is -0.861. The number of piperidine rings is 1. The first kappa shape index (κ1) is 18.6. The average molecular weight is 386 g/mol. The number of likely N-dealkylation sites (tertiary alicyclic amines) is 1. The lowest BCUT2D eigenvalue weighted by Gasteiger charge is -2.47. The van der Waals surface area contributed by atoms with Crippen molar-refractivity contribution in [3.05, 3.63) is 65.7 Å². The predicted molar refractivity (Wildman–Crippen MR) is 99.0 cm³/mol. The Bertz CT molecular complexity index is 896. The molecule has 4 rings (SSSR count). The van der Waals surface area contributed by atoms with Crippen molar-refractivity contribution in [2.75, 3.05) is 31.1 Å². The van der Waals surface area contributed by atoms with Crippen molar-refractivity contribution in [2.45, 2.75) is 18.4 Å². The van der Waals surface area contributed by atoms with Crippen LogP contribution in [0.2, 0.25) is 0 Å². The van der Waals surface area contributed by atoms with E-state index in [1.165, 1.54) is 6.07 Å². The van der Waals surface area contributed by atoms with E-state index >= 15 is 0 Å². The van der Waals surface area contributed by atoms with Crippen molar-refractivity contribution in [2.24, 2.45) is 0 Å². The maximum atomic E-state index is 13.9. The number of rotatable bonds is 2. The molecule has 28 heavy (non-hydrogen) atoms. The van der Waals surface area contributed by atoms with Gasteiger partial charge in [0.1, 0.15) is 18.2 Å². The summed E-state index contributed by atoms with van der Waals surface area (Å²) in [4.78, 5) is 28.2. The second-order valence-corrected chi connectivity index (χ2v) is 7.20. The number of carbonyl (C=O) groups is 2. The van der Waals surface area contributed by atoms with Gasteiger partial charge in [0, 0.05) is 24.8 Å². The molecule has 2 aromatic carbocycles. The average Bonchev–Trinajstić information content (AvgIpc) is 2.71. The van der Waals surface area contributed by atoms with E-state index in [2.05, 4.69) is 0 Å². The molecule has 5 nitrogen and oxygen atoms in total. The molecule has 0 atom stereocenters. The highest BCUT2D eigenvalue weighted by Crippen LogP contribution is 2.33. The summed E-state index contributed by atoms with van der Waals surface area (Å²) in [5.41, 5.74) is 0.159. The molecule has 0 N–H and O–H groups in total. The van der Waals surface area contributed by atoms with Crippen LogP contribution in [0.4, 0.5) is 14.5 Å². The van der Waals surface area contributed by atoms with Crippen molar-refractivity contribution in [3.63, 3.8) is 0 Å². The summed E-state index contributed by atoms with van der Waals surface area (Å²) in [5, 5.41) is 0. The van der Waals surface area contributed by atoms with E-state index in [1.54, 1.807) is 9.80 Å². The number of nitrogens with zero attached hydrogens (tertiary/aromatic N) is 2. The summed E-state index contributed by atoms with van der Waals surface area (Å²) in [6, 6.07) is 12.4. The number of carbonyl (C=O) groups excluding carboxylic acids is 2. The first-order chi connectivity index (χ1) is 13.5. The normalized spacial score (nSPS) is 19.1. The monoisotopic (exact) mass is 386 g/mol. The van der Waals surface area contributed by atoms with Crippen LogP contribution in [0.3, 0.4) is 0 Å². The Hall–Kier alpha value is -2.80. The molecule has 0 radical (unpaired) electrons. The molecule has 2 saturated heterocycles. The lowest BCUT2D eigenvalue weighted by molar-refractivity contribution is -0.143. The van der Waals surface area contributed by atoms with Crippen molar-refractivity contribution < 1.29 is 23.1 Å². The van der Waals surface area contributed by atoms with Gasteiger partial charge in [-0.15, -0.1) is 0 Å². The number of halogens is 2. The third kappa shape index (κ3) is 3.49. The number of benzene rings is 2. The molecule has 2 aromatic rings. The highest BCUT2D eigenvalue weighted by atomic mass is 19.1. The van der Waals surface area contributed by atoms with Crippen LogP contribution in [-0.4, -0.2) is 48.6 Å². The Kier molecular flexibility index (Phi) is 4.85. The number of hydrogen-bond acceptors (Lipinski definition) is 3. The van der Waals surface area contributed by atoms with E-state index in [0.717, 1.165) is 11.8 Å². The van der Waals surface area contributed by atoms with Crippen LogP contribution in [0.15, 0.2) is 48.5 Å². The molecule has 2 heterocycles. The third-order valence-corrected chi connectivity index (χ3v) is 5.44. The van der Waals surface area contributed by atoms with Crippen LogP contribution in [0, 0.1) is 11.6 Å². The van der Waals surface area contributed by atoms with Crippen molar-refractivity contribution in [1.82, 2.24) is 4.90 Å². The Morgan fingerprint density at radius 1 is 1.04 bits per heavy atom. The molecule has 2 amide bonds. The molecule has 0 aromatic heterocycles. The highest BCUT2D eigenvalue weighted by molar-refractivity contribution is 5.95. The van der Waals surface area contributed by atoms with Crippen LogP contribution in [0.5, 0.6) is 0 Å². The van der Waals surface area contributed by atoms with Gasteiger partial charge in [-0.05, 0) is 37.1 Å². The topological polar surface area (TPSA) is 49.9 Å². The van der Waals surface area contributed by atoms with Gasteiger partial charge >= 0.3 is 0 Å². The van der Waals surface area contributed by atoms with E-state index in [-0.39, 0.29) is 18.1 Å². The summed E-state index contributed by atoms with van der Waals surface area (Å²) in [5.74, 6) is -2.13. The molecule has 7 heteroatoms. The van der Waals surface area contributed by atoms with Gasteiger partial charge in [-0.3, -0.25) is 9.59 Å². The van der Waals surface area contributed by atoms with E-state index < -0.39 is 23.1 Å². The minimum absolute atomic E-state index is 0.00453. The van der Waals surface area contributed by atoms with E-state index in [1.807, 2.05) is 30.3 Å². The fourth-order valence-corrected chi connectivity index (χ4v) is 3.81. The maximum absolute atomic E-state index is 13.9. The van der Waals surface area contributed by atoms with Crippen LogP contribution < -0.4 is 4.90 Å². The molecule has 2 fully saturated rings. The summed E-state index contributed by atoms with van der Waals surface area (Å²) < 4.78 is 32.9. The zero-order valence-electron chi connectivity index (χ0n) is 15.2. The largest absolute Gasteiger partial charge is 0.363 e. The van der Waals surface area contributed by atoms with Gasteiger partial charge in [0.05, 0.1) is 17.7 Å². The highest BCUT2D eigenvalue weighted by Gasteiger charge is 2.43. The minimum Gasteiger partial charge on any atom is -0.363 e. The van der Waals surface area contributed by atoms with Gasteiger partial charge < -0.3 is 14.5 Å². The fraction of sp³-hybridized carbons (Fsp3) is 0.333. The van der Waals surface area contributed by atoms with Gasteiger partial charge in [-0.1, -0.05) is 18.2 Å². The molecule has 2 aliphatic rings. The molecule has 0 saturated carbocycles. The van der Waals surface area contributed by atoms with Crippen LogP contribution in [-0.2, 0) is 9.53 Å². The molecular formula is C21H20F2N2O3. The quantitative estimate of drug-likeness (QED) is 0.797. The fourth-order valence-electron chi connectivity index (χ4n) is 3.81. The summed E-state index contributed by atoms with van der Waals surface area (Å²) in [6.45, 7) is 1.18.